The van der Waals surface area contributed by atoms with E-state index in [1.807, 2.05) is 7.11 Å². The summed E-state index contributed by atoms with van der Waals surface area (Å²) in [4.78, 5) is 0. The fraction of sp³-hybridized carbons (Fsp3) is 1.00. The lowest BCUT2D eigenvalue weighted by Gasteiger charge is -2.40. The molecule has 0 heterocycles. The minimum atomic E-state index is 0.489. The second-order valence-corrected chi connectivity index (χ2v) is 6.32. The quantitative estimate of drug-likeness (QED) is 0.797. The molecule has 0 aromatic carbocycles. The third-order valence-corrected chi connectivity index (χ3v) is 4.66. The van der Waals surface area contributed by atoms with Crippen molar-refractivity contribution in [3.05, 3.63) is 0 Å². The Kier molecular flexibility index (Phi) is 3.91. The molecule has 1 N–H and O–H groups in total. The number of methoxy groups -OCH3 is 1. The molecule has 3 unspecified atom stereocenters. The van der Waals surface area contributed by atoms with Crippen LogP contribution in [0.3, 0.4) is 0 Å². The molecular formula is C14H27NO. The van der Waals surface area contributed by atoms with Crippen molar-refractivity contribution in [2.75, 3.05) is 7.11 Å². The first kappa shape index (κ1) is 12.4. The van der Waals surface area contributed by atoms with Gasteiger partial charge >= 0.3 is 0 Å². The first-order valence-corrected chi connectivity index (χ1v) is 6.90. The molecule has 94 valence electrons. The van der Waals surface area contributed by atoms with Gasteiger partial charge in [-0.15, -0.1) is 0 Å². The Bertz CT molecular complexity index is 227. The zero-order valence-electron chi connectivity index (χ0n) is 11.1. The van der Waals surface area contributed by atoms with Crippen LogP contribution in [0.1, 0.15) is 58.8 Å². The van der Waals surface area contributed by atoms with Crippen LogP contribution in [0.4, 0.5) is 0 Å². The Hall–Kier alpha value is -0.0800. The van der Waals surface area contributed by atoms with Gasteiger partial charge in [-0.1, -0.05) is 26.7 Å². The Morgan fingerprint density at radius 1 is 1.12 bits per heavy atom. The van der Waals surface area contributed by atoms with Crippen molar-refractivity contribution in [2.24, 2.45) is 5.41 Å². The number of hydrogen-bond donors (Lipinski definition) is 1. The monoisotopic (exact) mass is 225 g/mol. The average molecular weight is 225 g/mol. The van der Waals surface area contributed by atoms with E-state index < -0.39 is 0 Å². The molecule has 0 bridgehead atoms. The van der Waals surface area contributed by atoms with Gasteiger partial charge in [0.25, 0.3) is 0 Å². The average Bonchev–Trinajstić information content (AvgIpc) is 2.69. The molecule has 0 aromatic heterocycles. The standard InChI is InChI=1S/C14H27NO/c1-14(2)9-5-4-6-13(14)15-11-7-8-12(10-11)16-3/h11-13,15H,4-10H2,1-3H3. The van der Waals surface area contributed by atoms with Crippen molar-refractivity contribution >= 4 is 0 Å². The Labute approximate surface area is 100 Å². The summed E-state index contributed by atoms with van der Waals surface area (Å²) in [7, 11) is 1.84. The van der Waals surface area contributed by atoms with E-state index in [4.69, 9.17) is 4.74 Å². The Morgan fingerprint density at radius 2 is 1.94 bits per heavy atom. The van der Waals surface area contributed by atoms with E-state index in [2.05, 4.69) is 19.2 Å². The molecule has 0 aromatic rings. The highest BCUT2D eigenvalue weighted by Crippen LogP contribution is 2.36. The highest BCUT2D eigenvalue weighted by molar-refractivity contribution is 4.92. The molecule has 2 heteroatoms. The zero-order valence-corrected chi connectivity index (χ0v) is 11.1. The van der Waals surface area contributed by atoms with Crippen LogP contribution in [-0.2, 0) is 4.74 Å². The van der Waals surface area contributed by atoms with Crippen LogP contribution in [0.2, 0.25) is 0 Å². The van der Waals surface area contributed by atoms with Crippen molar-refractivity contribution in [2.45, 2.75) is 77.0 Å². The van der Waals surface area contributed by atoms with Gasteiger partial charge < -0.3 is 10.1 Å². The molecule has 0 saturated heterocycles. The SMILES string of the molecule is COC1CCC(NC2CCCCC2(C)C)C1. The predicted octanol–water partition coefficient (Wildman–Crippen LogP) is 3.11. The molecule has 0 aliphatic heterocycles. The number of nitrogens with one attached hydrogen (secondary N) is 1. The van der Waals surface area contributed by atoms with Gasteiger partial charge in [0.2, 0.25) is 0 Å². The van der Waals surface area contributed by atoms with Crippen LogP contribution < -0.4 is 5.32 Å². The van der Waals surface area contributed by atoms with Gasteiger partial charge in [-0.05, 0) is 37.5 Å². The van der Waals surface area contributed by atoms with Crippen LogP contribution in [0.5, 0.6) is 0 Å². The molecule has 2 nitrogen and oxygen atoms in total. The van der Waals surface area contributed by atoms with E-state index in [1.54, 1.807) is 0 Å². The summed E-state index contributed by atoms with van der Waals surface area (Å²) < 4.78 is 5.44. The molecule has 2 rings (SSSR count). The maximum atomic E-state index is 5.44. The summed E-state index contributed by atoms with van der Waals surface area (Å²) in [5.74, 6) is 0. The first-order valence-electron chi connectivity index (χ1n) is 6.90. The van der Waals surface area contributed by atoms with Crippen LogP contribution in [-0.4, -0.2) is 25.3 Å². The normalized spacial score (nSPS) is 38.8. The van der Waals surface area contributed by atoms with E-state index in [0.29, 0.717) is 17.6 Å². The van der Waals surface area contributed by atoms with Crippen LogP contribution >= 0.6 is 0 Å². The molecule has 2 aliphatic carbocycles. The number of hydrogen-bond acceptors (Lipinski definition) is 2. The van der Waals surface area contributed by atoms with Crippen molar-refractivity contribution in [1.82, 2.24) is 5.32 Å². The van der Waals surface area contributed by atoms with Gasteiger partial charge in [0.05, 0.1) is 6.10 Å². The molecule has 2 saturated carbocycles. The smallest absolute Gasteiger partial charge is 0.0586 e. The van der Waals surface area contributed by atoms with Gasteiger partial charge in [-0.2, -0.15) is 0 Å². The summed E-state index contributed by atoms with van der Waals surface area (Å²) >= 11 is 0. The topological polar surface area (TPSA) is 21.3 Å². The van der Waals surface area contributed by atoms with Gasteiger partial charge in [-0.25, -0.2) is 0 Å². The molecule has 2 fully saturated rings. The summed E-state index contributed by atoms with van der Waals surface area (Å²) in [6, 6.07) is 1.43. The van der Waals surface area contributed by atoms with Crippen LogP contribution in [0.15, 0.2) is 0 Å². The summed E-state index contributed by atoms with van der Waals surface area (Å²) in [5.41, 5.74) is 0.489. The minimum absolute atomic E-state index is 0.489. The number of rotatable bonds is 3. The highest BCUT2D eigenvalue weighted by atomic mass is 16.5. The molecule has 3 atom stereocenters. The molecule has 0 spiro atoms. The highest BCUT2D eigenvalue weighted by Gasteiger charge is 2.35. The summed E-state index contributed by atoms with van der Waals surface area (Å²) in [6.07, 6.45) is 9.81. The number of ether oxygens (including phenoxy) is 1. The van der Waals surface area contributed by atoms with Crippen molar-refractivity contribution in [1.29, 1.82) is 0 Å². The van der Waals surface area contributed by atoms with E-state index in [9.17, 15) is 0 Å². The lowest BCUT2D eigenvalue weighted by atomic mass is 9.73. The fourth-order valence-electron chi connectivity index (χ4n) is 3.39. The summed E-state index contributed by atoms with van der Waals surface area (Å²) in [5, 5.41) is 3.89. The minimum Gasteiger partial charge on any atom is -0.381 e. The van der Waals surface area contributed by atoms with Crippen LogP contribution in [0.25, 0.3) is 0 Å². The molecule has 0 radical (unpaired) electrons. The largest absolute Gasteiger partial charge is 0.381 e. The first-order chi connectivity index (χ1) is 7.62. The third kappa shape index (κ3) is 2.78. The zero-order chi connectivity index (χ0) is 11.6. The van der Waals surface area contributed by atoms with E-state index in [1.165, 1.54) is 44.9 Å². The van der Waals surface area contributed by atoms with Crippen molar-refractivity contribution < 1.29 is 4.74 Å². The molecule has 16 heavy (non-hydrogen) atoms. The lowest BCUT2D eigenvalue weighted by Crippen LogP contribution is -2.48. The van der Waals surface area contributed by atoms with Gasteiger partial charge in [0.1, 0.15) is 0 Å². The molecule has 0 amide bonds. The van der Waals surface area contributed by atoms with Gasteiger partial charge in [-0.3, -0.25) is 0 Å². The van der Waals surface area contributed by atoms with Crippen molar-refractivity contribution in [3.8, 4) is 0 Å². The lowest BCUT2D eigenvalue weighted by molar-refractivity contribution is 0.102. The third-order valence-electron chi connectivity index (χ3n) is 4.66. The Balaban J connectivity index is 1.84. The maximum absolute atomic E-state index is 5.44. The second-order valence-electron chi connectivity index (χ2n) is 6.32. The maximum Gasteiger partial charge on any atom is 0.0586 e. The summed E-state index contributed by atoms with van der Waals surface area (Å²) in [6.45, 7) is 4.85. The van der Waals surface area contributed by atoms with Crippen molar-refractivity contribution in [3.63, 3.8) is 0 Å². The van der Waals surface area contributed by atoms with Gasteiger partial charge in [0.15, 0.2) is 0 Å². The Morgan fingerprint density at radius 3 is 2.56 bits per heavy atom. The van der Waals surface area contributed by atoms with E-state index in [-0.39, 0.29) is 0 Å². The van der Waals surface area contributed by atoms with Crippen LogP contribution in [0, 0.1) is 5.41 Å². The molecule has 2 aliphatic rings. The van der Waals surface area contributed by atoms with Gasteiger partial charge in [0, 0.05) is 19.2 Å². The predicted molar refractivity (Wildman–Crippen MR) is 67.6 cm³/mol. The second kappa shape index (κ2) is 5.05. The molecular weight excluding hydrogens is 198 g/mol. The van der Waals surface area contributed by atoms with E-state index >= 15 is 0 Å². The fourth-order valence-corrected chi connectivity index (χ4v) is 3.39. The van der Waals surface area contributed by atoms with E-state index in [0.717, 1.165) is 6.04 Å².